The molecule has 0 unspecified atom stereocenters. The summed E-state index contributed by atoms with van der Waals surface area (Å²) in [5, 5.41) is 15.0. The van der Waals surface area contributed by atoms with Crippen molar-refractivity contribution in [3.05, 3.63) is 47.2 Å². The van der Waals surface area contributed by atoms with Crippen LogP contribution in [0.15, 0.2) is 36.7 Å². The van der Waals surface area contributed by atoms with E-state index in [1.165, 1.54) is 12.1 Å². The fourth-order valence-electron chi connectivity index (χ4n) is 2.67. The summed E-state index contributed by atoms with van der Waals surface area (Å²) in [6.45, 7) is 1.99. The van der Waals surface area contributed by atoms with Crippen LogP contribution in [0.2, 0.25) is 5.02 Å². The van der Waals surface area contributed by atoms with Crippen LogP contribution in [0.5, 0.6) is 0 Å². The van der Waals surface area contributed by atoms with Gasteiger partial charge in [-0.15, -0.1) is 0 Å². The molecule has 5 nitrogen and oxygen atoms in total. The fourth-order valence-corrected chi connectivity index (χ4v) is 2.87. The summed E-state index contributed by atoms with van der Waals surface area (Å²) in [4.78, 5) is 5.82. The molecule has 3 aromatic rings. The predicted octanol–water partition coefficient (Wildman–Crippen LogP) is 4.17. The van der Waals surface area contributed by atoms with Crippen LogP contribution >= 0.6 is 11.6 Å². The van der Waals surface area contributed by atoms with E-state index in [9.17, 15) is 13.9 Å². The molecule has 0 spiro atoms. The lowest BCUT2D eigenvalue weighted by atomic mass is 10.2. The number of hydrogen-bond acceptors (Lipinski definition) is 4. The number of rotatable bonds is 5. The third-order valence-electron chi connectivity index (χ3n) is 3.89. The Morgan fingerprint density at radius 2 is 2.08 bits per heavy atom. The molecule has 25 heavy (non-hydrogen) atoms. The van der Waals surface area contributed by atoms with Crippen molar-refractivity contribution >= 4 is 34.0 Å². The third-order valence-corrected chi connectivity index (χ3v) is 4.23. The average molecular weight is 367 g/mol. The number of aromatic nitrogens is 3. The van der Waals surface area contributed by atoms with Crippen LogP contribution in [0.4, 0.5) is 20.3 Å². The average Bonchev–Trinajstić information content (AvgIpc) is 2.92. The van der Waals surface area contributed by atoms with Crippen LogP contribution in [0.1, 0.15) is 18.9 Å². The molecule has 0 aliphatic heterocycles. The van der Waals surface area contributed by atoms with Gasteiger partial charge in [0.15, 0.2) is 5.82 Å². The zero-order valence-corrected chi connectivity index (χ0v) is 14.5. The zero-order chi connectivity index (χ0) is 18.1. The third kappa shape index (κ3) is 3.43. The Morgan fingerprint density at radius 1 is 1.32 bits per heavy atom. The van der Waals surface area contributed by atoms with Gasteiger partial charge in [-0.25, -0.2) is 8.78 Å². The van der Waals surface area contributed by atoms with Crippen molar-refractivity contribution in [2.24, 2.45) is 0 Å². The van der Waals surface area contributed by atoms with Crippen molar-refractivity contribution in [2.75, 3.05) is 11.9 Å². The second kappa shape index (κ2) is 6.93. The monoisotopic (exact) mass is 366 g/mol. The number of aliphatic hydroxyl groups excluding tert-OH is 1. The van der Waals surface area contributed by atoms with Crippen LogP contribution < -0.4 is 4.90 Å². The summed E-state index contributed by atoms with van der Waals surface area (Å²) in [7, 11) is 1.74. The van der Waals surface area contributed by atoms with E-state index in [1.807, 2.05) is 0 Å². The number of benzene rings is 1. The molecule has 3 rings (SSSR count). The molecule has 132 valence electrons. The van der Waals surface area contributed by atoms with Crippen molar-refractivity contribution in [1.82, 2.24) is 14.8 Å². The van der Waals surface area contributed by atoms with Crippen molar-refractivity contribution < 1.29 is 13.9 Å². The highest BCUT2D eigenvalue weighted by Gasteiger charge is 2.19. The first-order valence-corrected chi connectivity index (χ1v) is 8.06. The second-order valence-electron chi connectivity index (χ2n) is 5.81. The number of hydrogen-bond donors (Lipinski definition) is 1. The molecule has 8 heteroatoms. The van der Waals surface area contributed by atoms with Gasteiger partial charge in [-0.05, 0) is 31.2 Å². The first kappa shape index (κ1) is 17.6. The molecule has 0 radical (unpaired) electrons. The Balaban J connectivity index is 2.08. The van der Waals surface area contributed by atoms with E-state index in [-0.39, 0.29) is 10.6 Å². The van der Waals surface area contributed by atoms with Crippen LogP contribution in [0.3, 0.4) is 0 Å². The Bertz CT molecular complexity index is 897. The molecule has 1 N–H and O–H groups in total. The van der Waals surface area contributed by atoms with Crippen molar-refractivity contribution in [3.8, 4) is 0 Å². The summed E-state index contributed by atoms with van der Waals surface area (Å²) >= 11 is 5.84. The Morgan fingerprint density at radius 3 is 2.76 bits per heavy atom. The number of aliphatic hydroxyl groups is 1. The van der Waals surface area contributed by atoms with Gasteiger partial charge in [0.1, 0.15) is 0 Å². The second-order valence-corrected chi connectivity index (χ2v) is 6.22. The molecule has 0 aliphatic rings. The molecule has 1 atom stereocenters. The van der Waals surface area contributed by atoms with E-state index >= 15 is 0 Å². The van der Waals surface area contributed by atoms with Gasteiger partial charge < -0.3 is 10.0 Å². The Labute approximate surface area is 148 Å². The van der Waals surface area contributed by atoms with E-state index < -0.39 is 12.5 Å². The largest absolute Gasteiger partial charge is 0.391 e. The summed E-state index contributed by atoms with van der Waals surface area (Å²) in [6.07, 6.45) is 0.0719. The maximum atomic E-state index is 13.1. The van der Waals surface area contributed by atoms with Crippen LogP contribution in [-0.4, -0.2) is 33.0 Å². The van der Waals surface area contributed by atoms with Crippen LogP contribution in [-0.2, 0) is 6.54 Å². The number of fused-ring (bicyclic) bond motifs is 1. The van der Waals surface area contributed by atoms with E-state index in [0.29, 0.717) is 18.1 Å². The fraction of sp³-hybridized carbons (Fsp3) is 0.294. The van der Waals surface area contributed by atoms with E-state index in [0.717, 1.165) is 10.9 Å². The minimum absolute atomic E-state index is 0.0262. The predicted molar refractivity (Wildman–Crippen MR) is 93.7 cm³/mol. The maximum absolute atomic E-state index is 13.1. The summed E-state index contributed by atoms with van der Waals surface area (Å²) in [6, 6.07) is 6.25. The molecule has 0 saturated heterocycles. The lowest BCUT2D eigenvalue weighted by molar-refractivity contribution is 0.151. The van der Waals surface area contributed by atoms with Gasteiger partial charge in [0.25, 0.3) is 6.43 Å². The smallest absolute Gasteiger partial charge is 0.265 e. The van der Waals surface area contributed by atoms with Gasteiger partial charge in [0.2, 0.25) is 0 Å². The van der Waals surface area contributed by atoms with Crippen molar-refractivity contribution in [1.29, 1.82) is 0 Å². The van der Waals surface area contributed by atoms with Crippen LogP contribution in [0.25, 0.3) is 10.9 Å². The van der Waals surface area contributed by atoms with Gasteiger partial charge in [0, 0.05) is 35.7 Å². The van der Waals surface area contributed by atoms with Crippen molar-refractivity contribution in [3.63, 3.8) is 0 Å². The first-order chi connectivity index (χ1) is 11.9. The topological polar surface area (TPSA) is 54.2 Å². The number of alkyl halides is 2. The minimum Gasteiger partial charge on any atom is -0.391 e. The van der Waals surface area contributed by atoms with E-state index in [1.54, 1.807) is 48.1 Å². The lowest BCUT2D eigenvalue weighted by Crippen LogP contribution is -2.15. The molecule has 0 bridgehead atoms. The number of anilines is 2. The molecule has 1 aromatic carbocycles. The highest BCUT2D eigenvalue weighted by Crippen LogP contribution is 2.34. The van der Waals surface area contributed by atoms with E-state index in [4.69, 9.17) is 11.6 Å². The quantitative estimate of drug-likeness (QED) is 0.736. The standard InChI is InChI=1S/C17H17ClF2N4O/c1-10(25)9-24-15-5-6-21-8-13(15)17(22-24)23(2)11-3-4-14(18)12(7-11)16(19)20/h3-8,10,16,25H,9H2,1-2H3/t10-/m0/s1. The molecule has 0 saturated carbocycles. The molecule has 2 heterocycles. The highest BCUT2D eigenvalue weighted by molar-refractivity contribution is 6.31. The van der Waals surface area contributed by atoms with Crippen LogP contribution in [0, 0.1) is 0 Å². The summed E-state index contributed by atoms with van der Waals surface area (Å²) in [5.74, 6) is 0.561. The Kier molecular flexibility index (Phi) is 4.87. The van der Waals surface area contributed by atoms with Gasteiger partial charge in [0.05, 0.1) is 23.6 Å². The molecule has 0 aliphatic carbocycles. The minimum atomic E-state index is -2.66. The number of pyridine rings is 1. The maximum Gasteiger partial charge on any atom is 0.265 e. The van der Waals surface area contributed by atoms with Gasteiger partial charge in [-0.1, -0.05) is 11.6 Å². The highest BCUT2D eigenvalue weighted by atomic mass is 35.5. The molecular formula is C17H17ClF2N4O. The molecule has 0 fully saturated rings. The zero-order valence-electron chi connectivity index (χ0n) is 13.7. The summed E-state index contributed by atoms with van der Waals surface area (Å²) in [5.41, 5.74) is 1.12. The normalized spacial score (nSPS) is 12.8. The van der Waals surface area contributed by atoms with E-state index in [2.05, 4.69) is 10.1 Å². The van der Waals surface area contributed by atoms with Crippen molar-refractivity contribution in [2.45, 2.75) is 26.0 Å². The summed E-state index contributed by atoms with van der Waals surface area (Å²) < 4.78 is 27.9. The number of halogens is 3. The molecular weight excluding hydrogens is 350 g/mol. The molecule has 0 amide bonds. The van der Waals surface area contributed by atoms with Gasteiger partial charge >= 0.3 is 0 Å². The molecule has 2 aromatic heterocycles. The number of nitrogens with zero attached hydrogens (tertiary/aromatic N) is 4. The van der Waals surface area contributed by atoms with Gasteiger partial charge in [-0.2, -0.15) is 5.10 Å². The SMILES string of the molecule is C[C@H](O)Cn1nc(N(C)c2ccc(Cl)c(C(F)F)c2)c2cnccc21. The Hall–Kier alpha value is -2.25. The lowest BCUT2D eigenvalue weighted by Gasteiger charge is -2.18. The first-order valence-electron chi connectivity index (χ1n) is 7.68. The van der Waals surface area contributed by atoms with Gasteiger partial charge in [-0.3, -0.25) is 9.67 Å².